The van der Waals surface area contributed by atoms with Crippen molar-refractivity contribution in [1.82, 2.24) is 5.32 Å². The normalized spacial score (nSPS) is 19.5. The first-order valence-electron chi connectivity index (χ1n) is 7.01. The zero-order chi connectivity index (χ0) is 15.7. The van der Waals surface area contributed by atoms with Crippen molar-refractivity contribution in [3.8, 4) is 0 Å². The van der Waals surface area contributed by atoms with Gasteiger partial charge in [0.1, 0.15) is 0 Å². The van der Waals surface area contributed by atoms with Crippen molar-refractivity contribution >= 4 is 23.4 Å². The van der Waals surface area contributed by atoms with Crippen LogP contribution in [-0.2, 0) is 0 Å². The number of primary amides is 1. The zero-order valence-electron chi connectivity index (χ0n) is 11.8. The van der Waals surface area contributed by atoms with Crippen LogP contribution in [0.1, 0.15) is 38.6 Å². The number of nitrogens with one attached hydrogen (secondary N) is 1. The molecule has 0 heterocycles. The summed E-state index contributed by atoms with van der Waals surface area (Å²) in [5.41, 5.74) is 7.22. The minimum atomic E-state index is -0.504. The van der Waals surface area contributed by atoms with Crippen molar-refractivity contribution in [2.24, 2.45) is 5.73 Å². The molecule has 0 aromatic heterocycles. The predicted molar refractivity (Wildman–Crippen MR) is 85.0 cm³/mol. The number of halogens is 1. The van der Waals surface area contributed by atoms with E-state index in [1.54, 1.807) is 24.3 Å². The highest BCUT2D eigenvalue weighted by Crippen LogP contribution is 2.41. The summed E-state index contributed by atoms with van der Waals surface area (Å²) in [7, 11) is 0. The van der Waals surface area contributed by atoms with Crippen LogP contribution < -0.4 is 11.1 Å². The first-order chi connectivity index (χ1) is 10.5. The Morgan fingerprint density at radius 2 is 1.77 bits per heavy atom. The number of amides is 2. The number of rotatable bonds is 4. The van der Waals surface area contributed by atoms with Gasteiger partial charge in [0.15, 0.2) is 0 Å². The maximum atomic E-state index is 12.2. The Hall–Kier alpha value is -2.33. The Labute approximate surface area is 133 Å². The molecular weight excluding hydrogens is 300 g/mol. The summed E-state index contributed by atoms with van der Waals surface area (Å²) in [6, 6.07) is 14.1. The molecule has 0 spiro atoms. The van der Waals surface area contributed by atoms with E-state index in [0.29, 0.717) is 22.1 Å². The van der Waals surface area contributed by atoms with Gasteiger partial charge in [0, 0.05) is 28.1 Å². The van der Waals surface area contributed by atoms with E-state index in [9.17, 15) is 9.59 Å². The van der Waals surface area contributed by atoms with Crippen LogP contribution in [0.5, 0.6) is 0 Å². The summed E-state index contributed by atoms with van der Waals surface area (Å²) in [5, 5.41) is 3.69. The molecule has 3 rings (SSSR count). The first-order valence-corrected chi connectivity index (χ1v) is 7.38. The molecule has 2 aromatic rings. The van der Waals surface area contributed by atoms with E-state index in [1.165, 1.54) is 0 Å². The molecule has 1 aliphatic carbocycles. The molecule has 112 valence electrons. The molecule has 22 heavy (non-hydrogen) atoms. The highest BCUT2D eigenvalue weighted by molar-refractivity contribution is 6.30. The van der Waals surface area contributed by atoms with Crippen LogP contribution in [0.3, 0.4) is 0 Å². The highest BCUT2D eigenvalue weighted by atomic mass is 35.5. The standard InChI is InChI=1S/C17H15ClN2O2/c18-13-3-1-2-12(8-13)14-9-15(14)20-17(22)11-6-4-10(5-7-11)16(19)21/h1-8,14-15H,9H2,(H2,19,21)(H,20,22). The van der Waals surface area contributed by atoms with Gasteiger partial charge in [-0.2, -0.15) is 0 Å². The third-order valence-corrected chi connectivity index (χ3v) is 4.05. The summed E-state index contributed by atoms with van der Waals surface area (Å²) < 4.78 is 0. The molecule has 1 fully saturated rings. The molecule has 0 saturated heterocycles. The van der Waals surface area contributed by atoms with Crippen LogP contribution >= 0.6 is 11.6 Å². The molecule has 0 aliphatic heterocycles. The van der Waals surface area contributed by atoms with Gasteiger partial charge >= 0.3 is 0 Å². The Bertz CT molecular complexity index is 728. The van der Waals surface area contributed by atoms with Crippen LogP contribution in [0.25, 0.3) is 0 Å². The summed E-state index contributed by atoms with van der Waals surface area (Å²) in [5.74, 6) is -0.340. The Morgan fingerprint density at radius 3 is 2.41 bits per heavy atom. The van der Waals surface area contributed by atoms with Crippen molar-refractivity contribution < 1.29 is 9.59 Å². The molecule has 2 aromatic carbocycles. The number of carbonyl (C=O) groups is 2. The van der Waals surface area contributed by atoms with Gasteiger partial charge in [-0.1, -0.05) is 23.7 Å². The SMILES string of the molecule is NC(=O)c1ccc(C(=O)NC2CC2c2cccc(Cl)c2)cc1. The molecule has 3 N–H and O–H groups in total. The molecule has 1 aliphatic rings. The molecule has 2 amide bonds. The van der Waals surface area contributed by atoms with Gasteiger partial charge < -0.3 is 11.1 Å². The average molecular weight is 315 g/mol. The third kappa shape index (κ3) is 3.12. The molecule has 5 heteroatoms. The first kappa shape index (κ1) is 14.6. The lowest BCUT2D eigenvalue weighted by Crippen LogP contribution is -2.26. The molecule has 1 saturated carbocycles. The van der Waals surface area contributed by atoms with Crippen molar-refractivity contribution in [2.75, 3.05) is 0 Å². The summed E-state index contributed by atoms with van der Waals surface area (Å²) in [4.78, 5) is 23.2. The largest absolute Gasteiger partial charge is 0.366 e. The maximum Gasteiger partial charge on any atom is 0.251 e. The third-order valence-electron chi connectivity index (χ3n) is 3.82. The minimum absolute atomic E-state index is 0.127. The Morgan fingerprint density at radius 1 is 1.09 bits per heavy atom. The maximum absolute atomic E-state index is 12.2. The Balaban J connectivity index is 1.62. The summed E-state index contributed by atoms with van der Waals surface area (Å²) >= 11 is 5.98. The zero-order valence-corrected chi connectivity index (χ0v) is 12.5. The molecule has 2 atom stereocenters. The van der Waals surface area contributed by atoms with E-state index >= 15 is 0 Å². The van der Waals surface area contributed by atoms with Gasteiger partial charge in [0.25, 0.3) is 5.91 Å². The topological polar surface area (TPSA) is 72.2 Å². The van der Waals surface area contributed by atoms with Crippen molar-refractivity contribution in [2.45, 2.75) is 18.4 Å². The van der Waals surface area contributed by atoms with Gasteiger partial charge in [-0.05, 0) is 48.4 Å². The van der Waals surface area contributed by atoms with Crippen molar-refractivity contribution in [1.29, 1.82) is 0 Å². The summed E-state index contributed by atoms with van der Waals surface area (Å²) in [6.07, 6.45) is 0.908. The lowest BCUT2D eigenvalue weighted by atomic mass is 10.1. The van der Waals surface area contributed by atoms with E-state index in [-0.39, 0.29) is 11.9 Å². The van der Waals surface area contributed by atoms with Gasteiger partial charge in [0.05, 0.1) is 0 Å². The van der Waals surface area contributed by atoms with Crippen LogP contribution in [0, 0.1) is 0 Å². The van der Waals surface area contributed by atoms with E-state index in [4.69, 9.17) is 17.3 Å². The van der Waals surface area contributed by atoms with E-state index in [2.05, 4.69) is 5.32 Å². The second-order valence-corrected chi connectivity index (χ2v) is 5.86. The van der Waals surface area contributed by atoms with E-state index in [0.717, 1.165) is 12.0 Å². The number of nitrogens with two attached hydrogens (primary N) is 1. The molecule has 0 radical (unpaired) electrons. The lowest BCUT2D eigenvalue weighted by molar-refractivity contribution is 0.0947. The van der Waals surface area contributed by atoms with Crippen molar-refractivity contribution in [3.63, 3.8) is 0 Å². The van der Waals surface area contributed by atoms with Crippen molar-refractivity contribution in [3.05, 3.63) is 70.2 Å². The molecule has 0 bridgehead atoms. The summed E-state index contributed by atoms with van der Waals surface area (Å²) in [6.45, 7) is 0. The number of benzene rings is 2. The highest BCUT2D eigenvalue weighted by Gasteiger charge is 2.39. The quantitative estimate of drug-likeness (QED) is 0.910. The fourth-order valence-electron chi connectivity index (χ4n) is 2.50. The van der Waals surface area contributed by atoms with E-state index in [1.807, 2.05) is 24.3 Å². The second-order valence-electron chi connectivity index (χ2n) is 5.42. The Kier molecular flexibility index (Phi) is 3.86. The van der Waals surface area contributed by atoms with Gasteiger partial charge in [-0.25, -0.2) is 0 Å². The fourth-order valence-corrected chi connectivity index (χ4v) is 2.70. The number of hydrogen-bond acceptors (Lipinski definition) is 2. The average Bonchev–Trinajstić information content (AvgIpc) is 3.26. The second kappa shape index (κ2) is 5.81. The number of hydrogen-bond donors (Lipinski definition) is 2. The lowest BCUT2D eigenvalue weighted by Gasteiger charge is -2.06. The smallest absolute Gasteiger partial charge is 0.251 e. The molecular formula is C17H15ClN2O2. The number of carbonyl (C=O) groups excluding carboxylic acids is 2. The monoisotopic (exact) mass is 314 g/mol. The predicted octanol–water partition coefficient (Wildman–Crippen LogP) is 2.72. The minimum Gasteiger partial charge on any atom is -0.366 e. The van der Waals surface area contributed by atoms with Crippen LogP contribution in [0.4, 0.5) is 0 Å². The van der Waals surface area contributed by atoms with Crippen LogP contribution in [-0.4, -0.2) is 17.9 Å². The van der Waals surface area contributed by atoms with E-state index < -0.39 is 5.91 Å². The van der Waals surface area contributed by atoms with Crippen LogP contribution in [0.15, 0.2) is 48.5 Å². The van der Waals surface area contributed by atoms with Gasteiger partial charge in [0.2, 0.25) is 5.91 Å². The van der Waals surface area contributed by atoms with Crippen LogP contribution in [0.2, 0.25) is 5.02 Å². The fraction of sp³-hybridized carbons (Fsp3) is 0.176. The molecule has 4 nitrogen and oxygen atoms in total. The van der Waals surface area contributed by atoms with Gasteiger partial charge in [-0.15, -0.1) is 0 Å². The van der Waals surface area contributed by atoms with Gasteiger partial charge in [-0.3, -0.25) is 9.59 Å². The molecule has 2 unspecified atom stereocenters.